The third kappa shape index (κ3) is 3.07. The van der Waals surface area contributed by atoms with Crippen LogP contribution >= 0.6 is 0 Å². The Labute approximate surface area is 144 Å². The fraction of sp³-hybridized carbons (Fsp3) is 0. The topological polar surface area (TPSA) is 67.8 Å². The molecule has 3 aromatic heterocycles. The number of rotatable bonds is 3. The van der Waals surface area contributed by atoms with Crippen molar-refractivity contribution in [1.29, 1.82) is 0 Å². The van der Waals surface area contributed by atoms with E-state index in [0.717, 1.165) is 16.5 Å². The molecule has 0 saturated carbocycles. The van der Waals surface area contributed by atoms with Crippen LogP contribution in [0, 0.1) is 0 Å². The highest BCUT2D eigenvalue weighted by molar-refractivity contribution is 6.12. The average Bonchev–Trinajstić information content (AvgIpc) is 2.68. The van der Waals surface area contributed by atoms with Gasteiger partial charge < -0.3 is 5.32 Å². The van der Waals surface area contributed by atoms with Gasteiger partial charge in [0.1, 0.15) is 5.82 Å². The molecular weight excluding hydrogens is 312 g/mol. The zero-order valence-corrected chi connectivity index (χ0v) is 13.3. The van der Waals surface area contributed by atoms with Gasteiger partial charge in [-0.1, -0.05) is 24.3 Å². The molecule has 1 N–H and O–H groups in total. The second-order valence-electron chi connectivity index (χ2n) is 5.48. The smallest absolute Gasteiger partial charge is 0.257 e. The summed E-state index contributed by atoms with van der Waals surface area (Å²) in [7, 11) is 0. The minimum atomic E-state index is -0.220. The molecule has 0 unspecified atom stereocenters. The molecule has 0 spiro atoms. The summed E-state index contributed by atoms with van der Waals surface area (Å²) in [6.45, 7) is 0. The van der Waals surface area contributed by atoms with Crippen LogP contribution in [-0.4, -0.2) is 20.9 Å². The second kappa shape index (κ2) is 6.49. The molecule has 0 bridgehead atoms. The number of aromatic nitrogens is 3. The van der Waals surface area contributed by atoms with Gasteiger partial charge in [0, 0.05) is 29.5 Å². The molecule has 3 heterocycles. The number of hydrogen-bond acceptors (Lipinski definition) is 4. The molecular formula is C20H14N4O. The molecule has 0 saturated heterocycles. The Bertz CT molecular complexity index is 1030. The molecule has 0 aliphatic heterocycles. The monoisotopic (exact) mass is 326 g/mol. The van der Waals surface area contributed by atoms with Crippen LogP contribution in [-0.2, 0) is 0 Å². The summed E-state index contributed by atoms with van der Waals surface area (Å²) in [5.41, 5.74) is 2.88. The maximum absolute atomic E-state index is 12.8. The van der Waals surface area contributed by atoms with Gasteiger partial charge in [0.2, 0.25) is 0 Å². The van der Waals surface area contributed by atoms with Crippen molar-refractivity contribution in [3.63, 3.8) is 0 Å². The number of fused-ring (bicyclic) bond motifs is 1. The number of nitrogens with zero attached hydrogens (tertiary/aromatic N) is 3. The summed E-state index contributed by atoms with van der Waals surface area (Å²) in [5.74, 6) is 0.291. The van der Waals surface area contributed by atoms with Crippen molar-refractivity contribution in [1.82, 2.24) is 15.0 Å². The van der Waals surface area contributed by atoms with E-state index >= 15 is 0 Å². The van der Waals surface area contributed by atoms with Crippen LogP contribution in [0.3, 0.4) is 0 Å². The number of hydrogen-bond donors (Lipinski definition) is 1. The van der Waals surface area contributed by atoms with Crippen molar-refractivity contribution in [2.75, 3.05) is 5.32 Å². The van der Waals surface area contributed by atoms with Crippen LogP contribution in [0.1, 0.15) is 10.4 Å². The number of pyridine rings is 3. The fourth-order valence-electron chi connectivity index (χ4n) is 2.65. The Kier molecular flexibility index (Phi) is 3.88. The lowest BCUT2D eigenvalue weighted by Crippen LogP contribution is -2.14. The Balaban J connectivity index is 1.83. The van der Waals surface area contributed by atoms with Crippen molar-refractivity contribution < 1.29 is 4.79 Å². The van der Waals surface area contributed by atoms with Crippen molar-refractivity contribution in [2.45, 2.75) is 0 Å². The van der Waals surface area contributed by atoms with E-state index in [-0.39, 0.29) is 5.91 Å². The first-order valence-electron chi connectivity index (χ1n) is 7.84. The van der Waals surface area contributed by atoms with Gasteiger partial charge in [-0.3, -0.25) is 9.78 Å². The van der Waals surface area contributed by atoms with Gasteiger partial charge in [-0.15, -0.1) is 0 Å². The van der Waals surface area contributed by atoms with E-state index in [1.165, 1.54) is 0 Å². The van der Waals surface area contributed by atoms with Gasteiger partial charge in [0.15, 0.2) is 0 Å². The van der Waals surface area contributed by atoms with Crippen molar-refractivity contribution in [3.05, 3.63) is 84.8 Å². The van der Waals surface area contributed by atoms with Gasteiger partial charge in [0.25, 0.3) is 5.91 Å². The minimum absolute atomic E-state index is 0.220. The van der Waals surface area contributed by atoms with Crippen LogP contribution in [0.15, 0.2) is 79.3 Å². The lowest BCUT2D eigenvalue weighted by molar-refractivity contribution is 0.102. The van der Waals surface area contributed by atoms with Crippen molar-refractivity contribution >= 4 is 22.6 Å². The molecule has 1 aromatic carbocycles. The highest BCUT2D eigenvalue weighted by atomic mass is 16.1. The largest absolute Gasteiger partial charge is 0.307 e. The summed E-state index contributed by atoms with van der Waals surface area (Å²) in [5, 5.41) is 3.63. The molecule has 5 heteroatoms. The van der Waals surface area contributed by atoms with Crippen LogP contribution < -0.4 is 5.32 Å². The van der Waals surface area contributed by atoms with E-state index < -0.39 is 0 Å². The molecule has 25 heavy (non-hydrogen) atoms. The number of para-hydroxylation sites is 1. The fourth-order valence-corrected chi connectivity index (χ4v) is 2.65. The third-order valence-corrected chi connectivity index (χ3v) is 3.82. The normalized spacial score (nSPS) is 10.6. The molecule has 120 valence electrons. The number of carbonyl (C=O) groups excluding carboxylic acids is 1. The van der Waals surface area contributed by atoms with Gasteiger partial charge in [-0.05, 0) is 36.4 Å². The standard InChI is InChI=1S/C20H14N4O/c25-20(24-19-9-3-4-11-22-19)16-12-18(14-6-5-10-21-13-14)23-17-8-2-1-7-15(16)17/h1-13H,(H,22,24,25). The van der Waals surface area contributed by atoms with Gasteiger partial charge in [-0.25, -0.2) is 9.97 Å². The number of benzene rings is 1. The summed E-state index contributed by atoms with van der Waals surface area (Å²) >= 11 is 0. The average molecular weight is 326 g/mol. The number of carbonyl (C=O) groups is 1. The summed E-state index contributed by atoms with van der Waals surface area (Å²) < 4.78 is 0. The maximum Gasteiger partial charge on any atom is 0.257 e. The van der Waals surface area contributed by atoms with Crippen molar-refractivity contribution in [3.8, 4) is 11.3 Å². The van der Waals surface area contributed by atoms with Gasteiger partial charge in [-0.2, -0.15) is 0 Å². The van der Waals surface area contributed by atoms with Crippen molar-refractivity contribution in [2.24, 2.45) is 0 Å². The Morgan fingerprint density at radius 2 is 1.80 bits per heavy atom. The number of anilines is 1. The van der Waals surface area contributed by atoms with Crippen LogP contribution in [0.4, 0.5) is 5.82 Å². The van der Waals surface area contributed by atoms with E-state index in [2.05, 4.69) is 20.3 Å². The van der Waals surface area contributed by atoms with Crippen LogP contribution in [0.2, 0.25) is 0 Å². The molecule has 0 fully saturated rings. The third-order valence-electron chi connectivity index (χ3n) is 3.82. The maximum atomic E-state index is 12.8. The molecule has 4 rings (SSSR count). The number of amides is 1. The minimum Gasteiger partial charge on any atom is -0.307 e. The summed E-state index contributed by atoms with van der Waals surface area (Å²) in [6, 6.07) is 18.5. The van der Waals surface area contributed by atoms with Crippen LogP contribution in [0.25, 0.3) is 22.2 Å². The Hall–Kier alpha value is -3.60. The van der Waals surface area contributed by atoms with E-state index in [4.69, 9.17) is 0 Å². The van der Waals surface area contributed by atoms with Gasteiger partial charge in [0.05, 0.1) is 16.8 Å². The summed E-state index contributed by atoms with van der Waals surface area (Å²) in [6.07, 6.45) is 5.08. The number of nitrogens with one attached hydrogen (secondary N) is 1. The molecule has 0 radical (unpaired) electrons. The Morgan fingerprint density at radius 1 is 0.920 bits per heavy atom. The molecule has 1 amide bonds. The van der Waals surface area contributed by atoms with E-state index in [1.54, 1.807) is 36.8 Å². The second-order valence-corrected chi connectivity index (χ2v) is 5.48. The quantitative estimate of drug-likeness (QED) is 0.619. The zero-order valence-electron chi connectivity index (χ0n) is 13.3. The molecule has 0 aliphatic carbocycles. The first-order chi connectivity index (χ1) is 12.3. The van der Waals surface area contributed by atoms with Crippen LogP contribution in [0.5, 0.6) is 0 Å². The van der Waals surface area contributed by atoms with E-state index in [9.17, 15) is 4.79 Å². The van der Waals surface area contributed by atoms with E-state index in [1.807, 2.05) is 42.5 Å². The van der Waals surface area contributed by atoms with E-state index in [0.29, 0.717) is 17.1 Å². The SMILES string of the molecule is O=C(Nc1ccccn1)c1cc(-c2cccnc2)nc2ccccc12. The predicted molar refractivity (Wildman–Crippen MR) is 97.2 cm³/mol. The lowest BCUT2D eigenvalue weighted by Gasteiger charge is -2.10. The molecule has 5 nitrogen and oxygen atoms in total. The highest BCUT2D eigenvalue weighted by Crippen LogP contribution is 2.25. The predicted octanol–water partition coefficient (Wildman–Crippen LogP) is 3.94. The zero-order chi connectivity index (χ0) is 17.1. The molecule has 0 atom stereocenters. The summed E-state index contributed by atoms with van der Waals surface area (Å²) in [4.78, 5) is 25.8. The first kappa shape index (κ1) is 15.0. The first-order valence-corrected chi connectivity index (χ1v) is 7.84. The molecule has 0 aliphatic rings. The van der Waals surface area contributed by atoms with Gasteiger partial charge >= 0.3 is 0 Å². The molecule has 4 aromatic rings. The highest BCUT2D eigenvalue weighted by Gasteiger charge is 2.14. The lowest BCUT2D eigenvalue weighted by atomic mass is 10.0. The Morgan fingerprint density at radius 3 is 2.60 bits per heavy atom.